The first-order chi connectivity index (χ1) is 22.4. The van der Waals surface area contributed by atoms with Crippen molar-refractivity contribution < 1.29 is 23.8 Å². The van der Waals surface area contributed by atoms with Crippen molar-refractivity contribution in [2.24, 2.45) is 5.41 Å². The molecule has 0 aliphatic carbocycles. The molecule has 10 nitrogen and oxygen atoms in total. The van der Waals surface area contributed by atoms with Crippen LogP contribution in [0.25, 0.3) is 39.0 Å². The van der Waals surface area contributed by atoms with Gasteiger partial charge in [-0.25, -0.2) is 9.67 Å². The predicted molar refractivity (Wildman–Crippen MR) is 175 cm³/mol. The Bertz CT molecular complexity index is 1980. The zero-order valence-corrected chi connectivity index (χ0v) is 26.4. The lowest BCUT2D eigenvalue weighted by Gasteiger charge is -2.47. The summed E-state index contributed by atoms with van der Waals surface area (Å²) in [6.45, 7) is 3.09. The number of pyridine rings is 1. The average Bonchev–Trinajstić information content (AvgIpc) is 3.68. The van der Waals surface area contributed by atoms with Gasteiger partial charge in [0.15, 0.2) is 6.29 Å². The number of carbonyl (C=O) groups excluding carboxylic acids is 2. The topological polar surface area (TPSA) is 108 Å². The van der Waals surface area contributed by atoms with Crippen LogP contribution in [0.1, 0.15) is 22.3 Å². The molecular formula is C35H32ClN5O5. The van der Waals surface area contributed by atoms with E-state index < -0.39 is 0 Å². The molecule has 1 amide bonds. The number of halogens is 1. The number of ether oxygens (including phenoxy) is 3. The summed E-state index contributed by atoms with van der Waals surface area (Å²) in [5.74, 6) is 1.78. The van der Waals surface area contributed by atoms with Crippen LogP contribution in [0.5, 0.6) is 17.4 Å². The minimum Gasteiger partial charge on any atom is -0.496 e. The van der Waals surface area contributed by atoms with E-state index in [4.69, 9.17) is 30.9 Å². The van der Waals surface area contributed by atoms with Crippen molar-refractivity contribution in [3.05, 3.63) is 83.0 Å². The van der Waals surface area contributed by atoms with Crippen LogP contribution in [0.4, 0.5) is 0 Å². The highest BCUT2D eigenvalue weighted by molar-refractivity contribution is 6.36. The molecule has 46 heavy (non-hydrogen) atoms. The predicted octanol–water partition coefficient (Wildman–Crippen LogP) is 5.57. The molecule has 4 heterocycles. The second-order valence-electron chi connectivity index (χ2n) is 11.8. The van der Waals surface area contributed by atoms with Gasteiger partial charge in [-0.05, 0) is 23.8 Å². The minimum absolute atomic E-state index is 0.0377. The summed E-state index contributed by atoms with van der Waals surface area (Å²) in [7, 11) is 4.79. The molecule has 0 bridgehead atoms. The third kappa shape index (κ3) is 5.03. The normalized spacial score (nSPS) is 15.5. The number of nitrogens with zero attached hydrogens (tertiary/aromatic N) is 4. The number of likely N-dealkylation sites (tertiary alicyclic amines) is 1. The molecule has 0 atom stereocenters. The van der Waals surface area contributed by atoms with Gasteiger partial charge >= 0.3 is 0 Å². The lowest BCUT2D eigenvalue weighted by molar-refractivity contribution is -0.120. The summed E-state index contributed by atoms with van der Waals surface area (Å²) in [6, 6.07) is 19.2. The van der Waals surface area contributed by atoms with E-state index >= 15 is 0 Å². The molecule has 0 radical (unpaired) electrons. The van der Waals surface area contributed by atoms with E-state index in [-0.39, 0.29) is 17.2 Å². The van der Waals surface area contributed by atoms with E-state index in [1.165, 1.54) is 7.11 Å². The van der Waals surface area contributed by atoms with Crippen LogP contribution in [0, 0.1) is 5.41 Å². The summed E-state index contributed by atoms with van der Waals surface area (Å²) in [5, 5.41) is 9.18. The number of methoxy groups -OCH3 is 3. The summed E-state index contributed by atoms with van der Waals surface area (Å²) in [6.07, 6.45) is 3.13. The Morgan fingerprint density at radius 3 is 2.35 bits per heavy atom. The highest BCUT2D eigenvalue weighted by atomic mass is 35.5. The maximum absolute atomic E-state index is 11.8. The van der Waals surface area contributed by atoms with E-state index in [1.807, 2.05) is 59.4 Å². The number of aromatic nitrogens is 3. The molecule has 2 aliphatic heterocycles. The average molecular weight is 638 g/mol. The van der Waals surface area contributed by atoms with Gasteiger partial charge in [-0.3, -0.25) is 14.5 Å². The van der Waals surface area contributed by atoms with Gasteiger partial charge in [0.1, 0.15) is 11.5 Å². The first-order valence-corrected chi connectivity index (χ1v) is 15.3. The highest BCUT2D eigenvalue weighted by Gasteiger charge is 2.48. The molecule has 2 aliphatic rings. The van der Waals surface area contributed by atoms with E-state index in [1.54, 1.807) is 26.4 Å². The summed E-state index contributed by atoms with van der Waals surface area (Å²) < 4.78 is 18.9. The van der Waals surface area contributed by atoms with Crippen LogP contribution in [0.3, 0.4) is 0 Å². The number of carbonyl (C=O) groups is 2. The standard InChI is InChI=1S/C35H32ClN5O5/c1-44-30-12-22(13-31(45-2)27(30)16-40-19-35(20-40)14-32(43)37-18-35)41-29-9-5-6-23(26(29)15-38-41)24-7-4-8-25(33(24)36)28-11-10-21(17-42)34(39-28)46-3/h4-13,15,17H,14,16,18-20H2,1-3H3,(H,37,43). The molecule has 7 rings (SSSR count). The number of nitrogens with one attached hydrogen (secondary N) is 1. The molecule has 2 aromatic heterocycles. The maximum Gasteiger partial charge on any atom is 0.224 e. The Balaban J connectivity index is 1.23. The fourth-order valence-corrected chi connectivity index (χ4v) is 7.07. The highest BCUT2D eigenvalue weighted by Crippen LogP contribution is 2.42. The first-order valence-electron chi connectivity index (χ1n) is 14.9. The minimum atomic E-state index is 0.0377. The number of aldehydes is 1. The molecule has 234 valence electrons. The number of rotatable bonds is 9. The Morgan fingerprint density at radius 2 is 1.67 bits per heavy atom. The first kappa shape index (κ1) is 29.8. The van der Waals surface area contributed by atoms with Crippen LogP contribution < -0.4 is 19.5 Å². The van der Waals surface area contributed by atoms with Crippen molar-refractivity contribution >= 4 is 34.7 Å². The van der Waals surface area contributed by atoms with Gasteiger partial charge < -0.3 is 19.5 Å². The quantitative estimate of drug-likeness (QED) is 0.209. The third-order valence-corrected chi connectivity index (χ3v) is 9.33. The number of fused-ring (bicyclic) bond motifs is 1. The van der Waals surface area contributed by atoms with Crippen LogP contribution in [0.15, 0.2) is 66.9 Å². The lowest BCUT2D eigenvalue weighted by atomic mass is 9.79. The summed E-state index contributed by atoms with van der Waals surface area (Å²) in [5.41, 5.74) is 6.08. The summed E-state index contributed by atoms with van der Waals surface area (Å²) >= 11 is 7.04. The van der Waals surface area contributed by atoms with Gasteiger partial charge in [0.2, 0.25) is 11.8 Å². The van der Waals surface area contributed by atoms with Crippen LogP contribution >= 0.6 is 11.6 Å². The number of benzene rings is 3. The van der Waals surface area contributed by atoms with E-state index in [0.29, 0.717) is 52.6 Å². The van der Waals surface area contributed by atoms with Crippen molar-refractivity contribution in [2.75, 3.05) is 41.0 Å². The van der Waals surface area contributed by atoms with Gasteiger partial charge in [0, 0.05) is 66.7 Å². The van der Waals surface area contributed by atoms with Crippen molar-refractivity contribution in [3.63, 3.8) is 0 Å². The molecule has 3 aromatic carbocycles. The van der Waals surface area contributed by atoms with Crippen molar-refractivity contribution in [1.29, 1.82) is 0 Å². The Hall–Kier alpha value is -4.93. The van der Waals surface area contributed by atoms with E-state index in [0.717, 1.165) is 52.9 Å². The zero-order valence-electron chi connectivity index (χ0n) is 25.7. The molecule has 5 aromatic rings. The van der Waals surface area contributed by atoms with Crippen LogP contribution in [-0.2, 0) is 11.3 Å². The zero-order chi connectivity index (χ0) is 32.0. The largest absolute Gasteiger partial charge is 0.496 e. The smallest absolute Gasteiger partial charge is 0.224 e. The fourth-order valence-electron chi connectivity index (χ4n) is 6.75. The third-order valence-electron chi connectivity index (χ3n) is 8.92. The maximum atomic E-state index is 11.8. The van der Waals surface area contributed by atoms with Gasteiger partial charge in [0.05, 0.1) is 60.6 Å². The van der Waals surface area contributed by atoms with Gasteiger partial charge in [0.25, 0.3) is 0 Å². The Morgan fingerprint density at radius 1 is 0.957 bits per heavy atom. The second kappa shape index (κ2) is 11.8. The number of hydrogen-bond acceptors (Lipinski definition) is 8. The molecule has 1 spiro atoms. The van der Waals surface area contributed by atoms with Gasteiger partial charge in [-0.15, -0.1) is 0 Å². The van der Waals surface area contributed by atoms with Gasteiger partial charge in [-0.2, -0.15) is 5.10 Å². The van der Waals surface area contributed by atoms with Gasteiger partial charge in [-0.1, -0.05) is 41.9 Å². The van der Waals surface area contributed by atoms with Crippen LogP contribution in [-0.4, -0.2) is 72.8 Å². The Labute approximate surface area is 270 Å². The summed E-state index contributed by atoms with van der Waals surface area (Å²) in [4.78, 5) is 30.0. The van der Waals surface area contributed by atoms with Crippen molar-refractivity contribution in [2.45, 2.75) is 13.0 Å². The van der Waals surface area contributed by atoms with E-state index in [9.17, 15) is 9.59 Å². The molecule has 2 saturated heterocycles. The van der Waals surface area contributed by atoms with Crippen molar-refractivity contribution in [1.82, 2.24) is 25.0 Å². The molecule has 11 heteroatoms. The second-order valence-corrected chi connectivity index (χ2v) is 12.2. The number of hydrogen-bond donors (Lipinski definition) is 1. The Kier molecular flexibility index (Phi) is 7.62. The van der Waals surface area contributed by atoms with Crippen LogP contribution in [0.2, 0.25) is 5.02 Å². The molecular weight excluding hydrogens is 606 g/mol. The molecule has 1 N–H and O–H groups in total. The number of amides is 1. The lowest BCUT2D eigenvalue weighted by Crippen LogP contribution is -2.56. The molecule has 2 fully saturated rings. The monoisotopic (exact) mass is 637 g/mol. The molecule has 0 saturated carbocycles. The fraction of sp³-hybridized carbons (Fsp3) is 0.257. The van der Waals surface area contributed by atoms with Crippen molar-refractivity contribution in [3.8, 4) is 45.5 Å². The molecule has 0 unspecified atom stereocenters. The van der Waals surface area contributed by atoms with E-state index in [2.05, 4.69) is 15.2 Å². The SMILES string of the molecule is COc1cc(-n2ncc3c(-c4cccc(-c5ccc(C=O)c(OC)n5)c4Cl)cccc32)cc(OC)c1CN1CC2(CNC(=O)C2)C1.